The van der Waals surface area contributed by atoms with E-state index in [1.807, 2.05) is 42.5 Å². The molecule has 1 aliphatic rings. The molecule has 0 saturated carbocycles. The fourth-order valence-electron chi connectivity index (χ4n) is 4.17. The number of phenols is 1. The predicted octanol–water partition coefficient (Wildman–Crippen LogP) is 4.41. The zero-order valence-corrected chi connectivity index (χ0v) is 19.5. The van der Waals surface area contributed by atoms with E-state index < -0.39 is 0 Å². The van der Waals surface area contributed by atoms with Crippen LogP contribution in [0.5, 0.6) is 17.2 Å². The summed E-state index contributed by atoms with van der Waals surface area (Å²) in [6, 6.07) is 17.2. The zero-order chi connectivity index (χ0) is 24.1. The highest BCUT2D eigenvalue weighted by molar-refractivity contribution is 5.78. The van der Waals surface area contributed by atoms with Crippen LogP contribution in [0.25, 0.3) is 22.4 Å². The Morgan fingerprint density at radius 2 is 2.03 bits per heavy atom. The van der Waals surface area contributed by atoms with Gasteiger partial charge in [-0.15, -0.1) is 0 Å². The van der Waals surface area contributed by atoms with Crippen molar-refractivity contribution < 1.29 is 19.4 Å². The van der Waals surface area contributed by atoms with Gasteiger partial charge in [-0.3, -0.25) is 4.79 Å². The van der Waals surface area contributed by atoms with Gasteiger partial charge in [-0.25, -0.2) is 4.98 Å². The van der Waals surface area contributed by atoms with Crippen molar-refractivity contribution in [2.75, 3.05) is 31.7 Å². The number of benzene rings is 2. The average Bonchev–Trinajstić information content (AvgIpc) is 3.31. The first kappa shape index (κ1) is 23.2. The molecule has 3 aromatic rings. The minimum absolute atomic E-state index is 0.0290. The van der Waals surface area contributed by atoms with Crippen LogP contribution in [0, 0.1) is 0 Å². The average molecular weight is 460 g/mol. The highest BCUT2D eigenvalue weighted by atomic mass is 16.5. The second kappa shape index (κ2) is 10.3. The number of amides is 1. The van der Waals surface area contributed by atoms with Crippen LogP contribution < -0.4 is 19.7 Å². The van der Waals surface area contributed by atoms with Gasteiger partial charge in [0.15, 0.2) is 11.5 Å². The van der Waals surface area contributed by atoms with Crippen LogP contribution in [0.3, 0.4) is 0 Å². The number of hydrogen-bond donors (Lipinski definition) is 2. The molecule has 176 valence electrons. The number of ether oxygens (including phenoxy) is 2. The molecule has 2 aromatic carbocycles. The SMILES string of the molecule is C=CCOc1ccccc1-c1cc(-c2ccc(O)c(OC)c2)nc(N2CCC(NC(C)=O)C2)c1. The maximum absolute atomic E-state index is 11.5. The quantitative estimate of drug-likeness (QED) is 0.486. The molecule has 0 radical (unpaired) electrons. The van der Waals surface area contributed by atoms with Crippen molar-refractivity contribution in [1.82, 2.24) is 10.3 Å². The number of hydrogen-bond acceptors (Lipinski definition) is 6. The van der Waals surface area contributed by atoms with Crippen molar-refractivity contribution in [2.45, 2.75) is 19.4 Å². The fourth-order valence-corrected chi connectivity index (χ4v) is 4.17. The fraction of sp³-hybridized carbons (Fsp3) is 0.259. The van der Waals surface area contributed by atoms with Gasteiger partial charge in [-0.2, -0.15) is 0 Å². The molecule has 2 heterocycles. The van der Waals surface area contributed by atoms with Crippen LogP contribution >= 0.6 is 0 Å². The zero-order valence-electron chi connectivity index (χ0n) is 19.5. The number of rotatable bonds is 8. The van der Waals surface area contributed by atoms with E-state index in [1.54, 1.807) is 18.2 Å². The summed E-state index contributed by atoms with van der Waals surface area (Å²) in [5.41, 5.74) is 3.46. The third-order valence-electron chi connectivity index (χ3n) is 5.76. The van der Waals surface area contributed by atoms with E-state index in [1.165, 1.54) is 14.0 Å². The lowest BCUT2D eigenvalue weighted by molar-refractivity contribution is -0.119. The Morgan fingerprint density at radius 1 is 1.21 bits per heavy atom. The first-order valence-electron chi connectivity index (χ1n) is 11.2. The second-order valence-corrected chi connectivity index (χ2v) is 8.21. The van der Waals surface area contributed by atoms with Gasteiger partial charge in [-0.1, -0.05) is 30.9 Å². The number of para-hydroxylation sites is 1. The Kier molecular flexibility index (Phi) is 7.01. The summed E-state index contributed by atoms with van der Waals surface area (Å²) in [5, 5.41) is 13.1. The number of nitrogens with zero attached hydrogens (tertiary/aromatic N) is 2. The standard InChI is InChI=1S/C27H29N3O4/c1-4-13-34-25-8-6-5-7-22(25)20-14-23(19-9-10-24(32)26(15-19)33-3)29-27(16-20)30-12-11-21(17-30)28-18(2)31/h4-10,14-16,21,32H,1,11-13,17H2,2-3H3,(H,28,31). The van der Waals surface area contributed by atoms with E-state index in [4.69, 9.17) is 14.5 Å². The molecule has 1 atom stereocenters. The predicted molar refractivity (Wildman–Crippen MR) is 133 cm³/mol. The van der Waals surface area contributed by atoms with Gasteiger partial charge in [0.05, 0.1) is 12.8 Å². The van der Waals surface area contributed by atoms with Crippen molar-refractivity contribution in [3.05, 3.63) is 67.3 Å². The first-order chi connectivity index (χ1) is 16.5. The summed E-state index contributed by atoms with van der Waals surface area (Å²) in [5.74, 6) is 1.99. The third-order valence-corrected chi connectivity index (χ3v) is 5.76. The van der Waals surface area contributed by atoms with Gasteiger partial charge >= 0.3 is 0 Å². The van der Waals surface area contributed by atoms with Crippen molar-refractivity contribution >= 4 is 11.7 Å². The van der Waals surface area contributed by atoms with E-state index in [0.717, 1.165) is 46.9 Å². The monoisotopic (exact) mass is 459 g/mol. The number of methoxy groups -OCH3 is 1. The maximum atomic E-state index is 11.5. The molecule has 4 rings (SSSR count). The molecule has 7 nitrogen and oxygen atoms in total. The number of carbonyl (C=O) groups is 1. The first-order valence-corrected chi connectivity index (χ1v) is 11.2. The van der Waals surface area contributed by atoms with Crippen molar-refractivity contribution in [3.63, 3.8) is 0 Å². The minimum atomic E-state index is -0.0290. The Balaban J connectivity index is 1.79. The van der Waals surface area contributed by atoms with Crippen LogP contribution in [-0.2, 0) is 4.79 Å². The molecule has 1 amide bonds. The molecular weight excluding hydrogens is 430 g/mol. The van der Waals surface area contributed by atoms with Crippen LogP contribution in [0.15, 0.2) is 67.3 Å². The smallest absolute Gasteiger partial charge is 0.217 e. The van der Waals surface area contributed by atoms with Gasteiger partial charge in [0, 0.05) is 37.2 Å². The molecule has 34 heavy (non-hydrogen) atoms. The molecule has 0 bridgehead atoms. The summed E-state index contributed by atoms with van der Waals surface area (Å²) < 4.78 is 11.2. The summed E-state index contributed by atoms with van der Waals surface area (Å²) >= 11 is 0. The summed E-state index contributed by atoms with van der Waals surface area (Å²) in [4.78, 5) is 18.7. The molecule has 1 saturated heterocycles. The Bertz CT molecular complexity index is 1190. The van der Waals surface area contributed by atoms with Crippen LogP contribution in [0.2, 0.25) is 0 Å². The largest absolute Gasteiger partial charge is 0.504 e. The van der Waals surface area contributed by atoms with Gasteiger partial charge in [0.25, 0.3) is 0 Å². The highest BCUT2D eigenvalue weighted by Crippen LogP contribution is 2.37. The lowest BCUT2D eigenvalue weighted by Gasteiger charge is -2.21. The van der Waals surface area contributed by atoms with E-state index in [-0.39, 0.29) is 17.7 Å². The topological polar surface area (TPSA) is 83.9 Å². The van der Waals surface area contributed by atoms with Crippen molar-refractivity contribution in [2.24, 2.45) is 0 Å². The van der Waals surface area contributed by atoms with E-state index >= 15 is 0 Å². The normalized spacial score (nSPS) is 15.1. The molecule has 1 fully saturated rings. The van der Waals surface area contributed by atoms with Crippen molar-refractivity contribution in [1.29, 1.82) is 0 Å². The second-order valence-electron chi connectivity index (χ2n) is 8.21. The Morgan fingerprint density at radius 3 is 2.79 bits per heavy atom. The highest BCUT2D eigenvalue weighted by Gasteiger charge is 2.25. The molecule has 2 N–H and O–H groups in total. The summed E-state index contributed by atoms with van der Waals surface area (Å²) in [6.45, 7) is 7.16. The number of nitrogens with one attached hydrogen (secondary N) is 1. The molecule has 1 unspecified atom stereocenters. The number of pyridine rings is 1. The number of aromatic hydroxyl groups is 1. The van der Waals surface area contributed by atoms with Gasteiger partial charge in [0.1, 0.15) is 18.2 Å². The lowest BCUT2D eigenvalue weighted by atomic mass is 10.0. The number of anilines is 1. The van der Waals surface area contributed by atoms with Crippen LogP contribution in [0.1, 0.15) is 13.3 Å². The van der Waals surface area contributed by atoms with Crippen LogP contribution in [0.4, 0.5) is 5.82 Å². The van der Waals surface area contributed by atoms with Crippen molar-refractivity contribution in [3.8, 4) is 39.6 Å². The molecule has 7 heteroatoms. The Hall–Kier alpha value is -4.00. The summed E-state index contributed by atoms with van der Waals surface area (Å²) in [7, 11) is 1.52. The molecule has 0 aliphatic carbocycles. The van der Waals surface area contributed by atoms with E-state index in [0.29, 0.717) is 18.9 Å². The molecule has 1 aliphatic heterocycles. The van der Waals surface area contributed by atoms with Gasteiger partial charge < -0.3 is 24.8 Å². The van der Waals surface area contributed by atoms with E-state index in [2.05, 4.69) is 16.8 Å². The lowest BCUT2D eigenvalue weighted by Crippen LogP contribution is -2.35. The molecule has 0 spiro atoms. The maximum Gasteiger partial charge on any atom is 0.217 e. The number of carbonyl (C=O) groups excluding carboxylic acids is 1. The minimum Gasteiger partial charge on any atom is -0.504 e. The summed E-state index contributed by atoms with van der Waals surface area (Å²) in [6.07, 6.45) is 2.57. The third kappa shape index (κ3) is 5.14. The van der Waals surface area contributed by atoms with Gasteiger partial charge in [-0.05, 0) is 48.4 Å². The van der Waals surface area contributed by atoms with Gasteiger partial charge in [0.2, 0.25) is 5.91 Å². The number of phenolic OH excluding ortho intramolecular Hbond substituents is 1. The number of aromatic nitrogens is 1. The molecular formula is C27H29N3O4. The molecule has 1 aromatic heterocycles. The van der Waals surface area contributed by atoms with Crippen LogP contribution in [-0.4, -0.2) is 48.8 Å². The Labute approximate surface area is 199 Å². The van der Waals surface area contributed by atoms with E-state index in [9.17, 15) is 9.90 Å².